The summed E-state index contributed by atoms with van der Waals surface area (Å²) in [5.41, 5.74) is 3.32. The van der Waals surface area contributed by atoms with Crippen molar-refractivity contribution in [1.29, 1.82) is 0 Å². The summed E-state index contributed by atoms with van der Waals surface area (Å²) in [5.74, 6) is 0.439. The molecule has 3 aromatic carbocycles. The molecule has 0 unspecified atom stereocenters. The van der Waals surface area contributed by atoms with E-state index in [2.05, 4.69) is 15.2 Å². The van der Waals surface area contributed by atoms with Crippen molar-refractivity contribution in [1.82, 2.24) is 4.83 Å². The predicted octanol–water partition coefficient (Wildman–Crippen LogP) is 3.64. The molecule has 33 heavy (non-hydrogen) atoms. The van der Waals surface area contributed by atoms with Gasteiger partial charge in [-0.2, -0.15) is 13.5 Å². The van der Waals surface area contributed by atoms with Crippen molar-refractivity contribution in [2.75, 3.05) is 19.0 Å². The van der Waals surface area contributed by atoms with Crippen molar-refractivity contribution in [3.8, 4) is 11.5 Å². The SMILES string of the molecule is COc1cc(/C=N/NS(=O)(=O)c2ccc(C)cc2)ccc1OCC(=O)Nc1ccc(C)cc1. The Morgan fingerprint density at radius 3 is 2.21 bits per heavy atom. The van der Waals surface area contributed by atoms with Crippen molar-refractivity contribution < 1.29 is 22.7 Å². The summed E-state index contributed by atoms with van der Waals surface area (Å²) in [5, 5.41) is 6.58. The second-order valence-corrected chi connectivity index (χ2v) is 8.94. The van der Waals surface area contributed by atoms with Crippen LogP contribution in [0, 0.1) is 13.8 Å². The normalized spacial score (nSPS) is 11.2. The molecule has 2 N–H and O–H groups in total. The molecule has 8 nitrogen and oxygen atoms in total. The van der Waals surface area contributed by atoms with E-state index in [0.29, 0.717) is 22.7 Å². The summed E-state index contributed by atoms with van der Waals surface area (Å²) in [6.45, 7) is 3.64. The zero-order chi connectivity index (χ0) is 23.8. The van der Waals surface area contributed by atoms with E-state index in [4.69, 9.17) is 9.47 Å². The van der Waals surface area contributed by atoms with Gasteiger partial charge in [0.25, 0.3) is 15.9 Å². The zero-order valence-corrected chi connectivity index (χ0v) is 19.3. The molecule has 0 aromatic heterocycles. The van der Waals surface area contributed by atoms with Crippen LogP contribution in [0.5, 0.6) is 11.5 Å². The maximum atomic E-state index is 12.3. The number of anilines is 1. The Hall–Kier alpha value is -3.85. The van der Waals surface area contributed by atoms with E-state index in [1.807, 2.05) is 38.1 Å². The molecule has 0 saturated heterocycles. The number of hydrazone groups is 1. The molecule has 0 aliphatic carbocycles. The summed E-state index contributed by atoms with van der Waals surface area (Å²) in [7, 11) is -2.30. The molecule has 0 radical (unpaired) electrons. The number of benzene rings is 3. The van der Waals surface area contributed by atoms with Crippen LogP contribution in [0.4, 0.5) is 5.69 Å². The number of ether oxygens (including phenoxy) is 2. The van der Waals surface area contributed by atoms with Gasteiger partial charge in [-0.3, -0.25) is 4.79 Å². The third-order valence-corrected chi connectivity index (χ3v) is 5.84. The number of methoxy groups -OCH3 is 1. The lowest BCUT2D eigenvalue weighted by atomic mass is 10.2. The fraction of sp³-hybridized carbons (Fsp3) is 0.167. The Morgan fingerprint density at radius 2 is 1.58 bits per heavy atom. The Labute approximate surface area is 193 Å². The van der Waals surface area contributed by atoms with Gasteiger partial charge in [-0.1, -0.05) is 35.4 Å². The molecule has 0 heterocycles. The van der Waals surface area contributed by atoms with E-state index in [1.54, 1.807) is 30.3 Å². The van der Waals surface area contributed by atoms with Gasteiger partial charge in [-0.15, -0.1) is 0 Å². The first-order valence-electron chi connectivity index (χ1n) is 10.1. The number of aryl methyl sites for hydroxylation is 2. The van der Waals surface area contributed by atoms with Gasteiger partial charge in [-0.25, -0.2) is 4.83 Å². The molecule has 1 amide bonds. The fourth-order valence-corrected chi connectivity index (χ4v) is 3.59. The predicted molar refractivity (Wildman–Crippen MR) is 127 cm³/mol. The van der Waals surface area contributed by atoms with Crippen LogP contribution < -0.4 is 19.6 Å². The third-order valence-electron chi connectivity index (χ3n) is 4.60. The highest BCUT2D eigenvalue weighted by molar-refractivity contribution is 7.89. The number of carbonyl (C=O) groups excluding carboxylic acids is 1. The van der Waals surface area contributed by atoms with Crippen molar-refractivity contribution in [3.63, 3.8) is 0 Å². The molecule has 0 aliphatic rings. The highest BCUT2D eigenvalue weighted by Crippen LogP contribution is 2.27. The van der Waals surface area contributed by atoms with Gasteiger partial charge in [0, 0.05) is 5.69 Å². The van der Waals surface area contributed by atoms with Gasteiger partial charge in [-0.05, 0) is 61.9 Å². The van der Waals surface area contributed by atoms with Gasteiger partial charge in [0.1, 0.15) is 0 Å². The van der Waals surface area contributed by atoms with Crippen LogP contribution in [0.15, 0.2) is 76.7 Å². The number of hydrogen-bond donors (Lipinski definition) is 2. The molecule has 0 fully saturated rings. The fourth-order valence-electron chi connectivity index (χ4n) is 2.80. The number of nitrogens with one attached hydrogen (secondary N) is 2. The van der Waals surface area contributed by atoms with E-state index in [9.17, 15) is 13.2 Å². The van der Waals surface area contributed by atoms with Crippen molar-refractivity contribution in [2.24, 2.45) is 5.10 Å². The standard InChI is InChI=1S/C24H25N3O5S/c1-17-4-9-20(10-5-17)26-24(28)16-32-22-13-8-19(14-23(22)31-3)15-25-27-33(29,30)21-11-6-18(2)7-12-21/h4-15,27H,16H2,1-3H3,(H,26,28)/b25-15+. The van der Waals surface area contributed by atoms with Crippen LogP contribution >= 0.6 is 0 Å². The van der Waals surface area contributed by atoms with Crippen LogP contribution in [0.25, 0.3) is 0 Å². The number of hydrogen-bond acceptors (Lipinski definition) is 6. The van der Waals surface area contributed by atoms with Crippen LogP contribution in [0.3, 0.4) is 0 Å². The second-order valence-electron chi connectivity index (χ2n) is 7.28. The number of sulfonamides is 1. The van der Waals surface area contributed by atoms with Crippen molar-refractivity contribution >= 4 is 27.8 Å². The van der Waals surface area contributed by atoms with Crippen LogP contribution in [-0.2, 0) is 14.8 Å². The van der Waals surface area contributed by atoms with Crippen LogP contribution in [-0.4, -0.2) is 34.3 Å². The second kappa shape index (κ2) is 10.6. The lowest BCUT2D eigenvalue weighted by molar-refractivity contribution is -0.118. The molecule has 0 saturated carbocycles. The molecular weight excluding hydrogens is 442 g/mol. The van der Waals surface area contributed by atoms with E-state index < -0.39 is 10.0 Å². The average molecular weight is 468 g/mol. The Kier molecular flexibility index (Phi) is 7.68. The number of amides is 1. The Morgan fingerprint density at radius 1 is 0.939 bits per heavy atom. The first kappa shape index (κ1) is 23.8. The lowest BCUT2D eigenvalue weighted by Gasteiger charge is -2.11. The van der Waals surface area contributed by atoms with Gasteiger partial charge in [0.2, 0.25) is 0 Å². The van der Waals surface area contributed by atoms with Gasteiger partial charge >= 0.3 is 0 Å². The van der Waals surface area contributed by atoms with E-state index in [0.717, 1.165) is 11.1 Å². The zero-order valence-electron chi connectivity index (χ0n) is 18.5. The molecule has 0 spiro atoms. The van der Waals surface area contributed by atoms with Gasteiger partial charge in [0.05, 0.1) is 18.2 Å². The number of nitrogens with zero attached hydrogens (tertiary/aromatic N) is 1. The maximum absolute atomic E-state index is 12.3. The quantitative estimate of drug-likeness (QED) is 0.369. The summed E-state index contributed by atoms with van der Waals surface area (Å²) in [6, 6.07) is 18.8. The Balaban J connectivity index is 1.60. The minimum absolute atomic E-state index is 0.121. The Bertz CT molecular complexity index is 1240. The third kappa shape index (κ3) is 6.81. The molecule has 9 heteroatoms. The van der Waals surface area contributed by atoms with E-state index in [1.165, 1.54) is 25.5 Å². The summed E-state index contributed by atoms with van der Waals surface area (Å²) < 4.78 is 35.5. The highest BCUT2D eigenvalue weighted by Gasteiger charge is 2.12. The lowest BCUT2D eigenvalue weighted by Crippen LogP contribution is -2.20. The topological polar surface area (TPSA) is 106 Å². The first-order valence-corrected chi connectivity index (χ1v) is 11.5. The van der Waals surface area contributed by atoms with E-state index in [-0.39, 0.29) is 17.4 Å². The van der Waals surface area contributed by atoms with Crippen molar-refractivity contribution in [3.05, 3.63) is 83.4 Å². The average Bonchev–Trinajstić information content (AvgIpc) is 2.79. The smallest absolute Gasteiger partial charge is 0.276 e. The summed E-state index contributed by atoms with van der Waals surface area (Å²) >= 11 is 0. The summed E-state index contributed by atoms with van der Waals surface area (Å²) in [6.07, 6.45) is 1.35. The number of carbonyl (C=O) groups is 1. The molecule has 3 aromatic rings. The minimum atomic E-state index is -3.77. The molecular formula is C24H25N3O5S. The summed E-state index contributed by atoms with van der Waals surface area (Å²) in [4.78, 5) is 14.4. The van der Waals surface area contributed by atoms with Gasteiger partial charge < -0.3 is 14.8 Å². The maximum Gasteiger partial charge on any atom is 0.276 e. The molecule has 3 rings (SSSR count). The monoisotopic (exact) mass is 467 g/mol. The van der Waals surface area contributed by atoms with Gasteiger partial charge in [0.15, 0.2) is 18.1 Å². The van der Waals surface area contributed by atoms with Crippen LogP contribution in [0.2, 0.25) is 0 Å². The minimum Gasteiger partial charge on any atom is -0.493 e. The molecule has 0 atom stereocenters. The first-order chi connectivity index (χ1) is 15.8. The van der Waals surface area contributed by atoms with E-state index >= 15 is 0 Å². The van der Waals surface area contributed by atoms with Crippen LogP contribution in [0.1, 0.15) is 16.7 Å². The molecule has 172 valence electrons. The molecule has 0 aliphatic heterocycles. The molecule has 0 bridgehead atoms. The number of rotatable bonds is 9. The van der Waals surface area contributed by atoms with Crippen molar-refractivity contribution in [2.45, 2.75) is 18.7 Å². The highest BCUT2D eigenvalue weighted by atomic mass is 32.2. The largest absolute Gasteiger partial charge is 0.493 e.